The maximum atomic E-state index is 8.58. The van der Waals surface area contributed by atoms with E-state index in [-0.39, 0.29) is 6.61 Å². The Labute approximate surface area is 102 Å². The summed E-state index contributed by atoms with van der Waals surface area (Å²) in [5.41, 5.74) is 2.27. The van der Waals surface area contributed by atoms with Crippen molar-refractivity contribution in [1.29, 1.82) is 0 Å². The molecule has 0 spiro atoms. The predicted octanol–water partition coefficient (Wildman–Crippen LogP) is 3.06. The first-order chi connectivity index (χ1) is 7.51. The molecule has 2 heteroatoms. The van der Waals surface area contributed by atoms with Crippen LogP contribution >= 0.6 is 11.8 Å². The van der Waals surface area contributed by atoms with Gasteiger partial charge in [-0.15, -0.1) is 0 Å². The lowest BCUT2D eigenvalue weighted by Crippen LogP contribution is -2.07. The monoisotopic (exact) mass is 234 g/mol. The lowest BCUT2D eigenvalue weighted by atomic mass is 10.1. The molecule has 0 saturated carbocycles. The van der Waals surface area contributed by atoms with E-state index in [1.54, 1.807) is 0 Å². The average molecular weight is 234 g/mol. The zero-order chi connectivity index (χ0) is 12.0. The summed E-state index contributed by atoms with van der Waals surface area (Å²) in [6.45, 7) is 6.58. The van der Waals surface area contributed by atoms with Gasteiger partial charge < -0.3 is 5.11 Å². The summed E-state index contributed by atoms with van der Waals surface area (Å²) in [5.74, 6) is 6.55. The van der Waals surface area contributed by atoms with Gasteiger partial charge in [0.05, 0.1) is 0 Å². The van der Waals surface area contributed by atoms with Crippen molar-refractivity contribution in [1.82, 2.24) is 0 Å². The van der Waals surface area contributed by atoms with Gasteiger partial charge in [0.1, 0.15) is 6.61 Å². The molecule has 0 atom stereocenters. The number of aliphatic hydroxyl groups is 1. The molecule has 0 bridgehead atoms. The quantitative estimate of drug-likeness (QED) is 0.794. The Kier molecular flexibility index (Phi) is 4.92. The Hall–Kier alpha value is -0.910. The van der Waals surface area contributed by atoms with Crippen LogP contribution in [0, 0.1) is 11.8 Å². The molecule has 0 aliphatic rings. The van der Waals surface area contributed by atoms with E-state index in [0.717, 1.165) is 11.3 Å². The van der Waals surface area contributed by atoms with Crippen LogP contribution in [0.3, 0.4) is 0 Å². The van der Waals surface area contributed by atoms with Crippen LogP contribution in [-0.4, -0.2) is 16.5 Å². The highest BCUT2D eigenvalue weighted by molar-refractivity contribution is 7.99. The standard InChI is InChI=1S/C14H18OS/c1-14(2,3)16-11-13-8-6-12(7-9-13)5-4-10-15/h6-9,15H,10-11H2,1-3H3. The zero-order valence-electron chi connectivity index (χ0n) is 10.1. The Morgan fingerprint density at radius 2 is 1.81 bits per heavy atom. The molecule has 0 fully saturated rings. The van der Waals surface area contributed by atoms with Gasteiger partial charge in [-0.3, -0.25) is 0 Å². The summed E-state index contributed by atoms with van der Waals surface area (Å²) in [6, 6.07) is 8.20. The fraction of sp³-hybridized carbons (Fsp3) is 0.429. The van der Waals surface area contributed by atoms with E-state index in [9.17, 15) is 0 Å². The molecule has 86 valence electrons. The molecule has 1 N–H and O–H groups in total. The molecular weight excluding hydrogens is 216 g/mol. The second-order valence-electron chi connectivity index (χ2n) is 4.56. The van der Waals surface area contributed by atoms with Crippen molar-refractivity contribution in [3.05, 3.63) is 35.4 Å². The predicted molar refractivity (Wildman–Crippen MR) is 71.5 cm³/mol. The molecule has 0 aliphatic carbocycles. The van der Waals surface area contributed by atoms with Crippen LogP contribution in [-0.2, 0) is 5.75 Å². The Morgan fingerprint density at radius 3 is 2.31 bits per heavy atom. The first-order valence-corrected chi connectivity index (χ1v) is 6.32. The van der Waals surface area contributed by atoms with Crippen LogP contribution in [0.2, 0.25) is 0 Å². The molecule has 0 radical (unpaired) electrons. The van der Waals surface area contributed by atoms with E-state index in [1.165, 1.54) is 5.56 Å². The van der Waals surface area contributed by atoms with Gasteiger partial charge in [-0.25, -0.2) is 0 Å². The third-order valence-corrected chi connectivity index (χ3v) is 3.28. The summed E-state index contributed by atoms with van der Waals surface area (Å²) in [7, 11) is 0. The Balaban J connectivity index is 2.58. The second kappa shape index (κ2) is 5.98. The number of rotatable bonds is 2. The highest BCUT2D eigenvalue weighted by atomic mass is 32.2. The van der Waals surface area contributed by atoms with Crippen molar-refractivity contribution < 1.29 is 5.11 Å². The van der Waals surface area contributed by atoms with Gasteiger partial charge in [0.15, 0.2) is 0 Å². The molecule has 1 nitrogen and oxygen atoms in total. The highest BCUT2D eigenvalue weighted by Crippen LogP contribution is 2.26. The van der Waals surface area contributed by atoms with Gasteiger partial charge in [0.25, 0.3) is 0 Å². The second-order valence-corrected chi connectivity index (χ2v) is 6.36. The summed E-state index contributed by atoms with van der Waals surface area (Å²) >= 11 is 1.93. The van der Waals surface area contributed by atoms with Gasteiger partial charge >= 0.3 is 0 Å². The van der Waals surface area contributed by atoms with E-state index in [4.69, 9.17) is 5.11 Å². The summed E-state index contributed by atoms with van der Waals surface area (Å²) < 4.78 is 0.301. The average Bonchev–Trinajstić information content (AvgIpc) is 2.24. The third kappa shape index (κ3) is 5.25. The molecule has 1 aromatic carbocycles. The summed E-state index contributed by atoms with van der Waals surface area (Å²) in [5, 5.41) is 8.58. The topological polar surface area (TPSA) is 20.2 Å². The van der Waals surface area contributed by atoms with E-state index < -0.39 is 0 Å². The smallest absolute Gasteiger partial charge is 0.104 e. The van der Waals surface area contributed by atoms with Crippen LogP contribution in [0.5, 0.6) is 0 Å². The molecular formula is C14H18OS. The number of hydrogen-bond donors (Lipinski definition) is 1. The Morgan fingerprint density at radius 1 is 1.19 bits per heavy atom. The molecule has 16 heavy (non-hydrogen) atoms. The van der Waals surface area contributed by atoms with Gasteiger partial charge in [0, 0.05) is 16.1 Å². The van der Waals surface area contributed by atoms with Gasteiger partial charge in [-0.2, -0.15) is 11.8 Å². The summed E-state index contributed by atoms with van der Waals surface area (Å²) in [6.07, 6.45) is 0. The molecule has 0 aliphatic heterocycles. The minimum Gasteiger partial charge on any atom is -0.384 e. The fourth-order valence-corrected chi connectivity index (χ4v) is 1.92. The van der Waals surface area contributed by atoms with E-state index >= 15 is 0 Å². The van der Waals surface area contributed by atoms with Crippen LogP contribution in [0.25, 0.3) is 0 Å². The van der Waals surface area contributed by atoms with Crippen molar-refractivity contribution >= 4 is 11.8 Å². The fourth-order valence-electron chi connectivity index (χ4n) is 1.13. The zero-order valence-corrected chi connectivity index (χ0v) is 10.9. The summed E-state index contributed by atoms with van der Waals surface area (Å²) in [4.78, 5) is 0. The SMILES string of the molecule is CC(C)(C)SCc1ccc(C#CCO)cc1. The van der Waals surface area contributed by atoms with Crippen molar-refractivity contribution in [3.8, 4) is 11.8 Å². The van der Waals surface area contributed by atoms with Crippen LogP contribution in [0.4, 0.5) is 0 Å². The van der Waals surface area contributed by atoms with E-state index in [2.05, 4.69) is 44.7 Å². The first-order valence-electron chi connectivity index (χ1n) is 5.34. The van der Waals surface area contributed by atoms with E-state index in [0.29, 0.717) is 4.75 Å². The van der Waals surface area contributed by atoms with Crippen LogP contribution in [0.15, 0.2) is 24.3 Å². The molecule has 1 aromatic rings. The molecule has 0 heterocycles. The molecule has 1 rings (SSSR count). The lowest BCUT2D eigenvalue weighted by Gasteiger charge is -2.17. The molecule has 0 aromatic heterocycles. The van der Waals surface area contributed by atoms with Crippen LogP contribution in [0.1, 0.15) is 31.9 Å². The van der Waals surface area contributed by atoms with E-state index in [1.807, 2.05) is 23.9 Å². The maximum absolute atomic E-state index is 8.58. The van der Waals surface area contributed by atoms with Gasteiger partial charge in [-0.05, 0) is 17.7 Å². The molecule has 0 unspecified atom stereocenters. The number of benzene rings is 1. The van der Waals surface area contributed by atoms with Gasteiger partial charge in [0.2, 0.25) is 0 Å². The third-order valence-electron chi connectivity index (χ3n) is 1.94. The molecule has 0 saturated heterocycles. The normalized spacial score (nSPS) is 10.8. The van der Waals surface area contributed by atoms with Crippen LogP contribution < -0.4 is 0 Å². The largest absolute Gasteiger partial charge is 0.384 e. The van der Waals surface area contributed by atoms with Crippen molar-refractivity contribution in [3.63, 3.8) is 0 Å². The van der Waals surface area contributed by atoms with Crippen molar-refractivity contribution in [2.45, 2.75) is 31.3 Å². The number of hydrogen-bond acceptors (Lipinski definition) is 2. The minimum absolute atomic E-state index is 0.0817. The molecule has 0 amide bonds. The van der Waals surface area contributed by atoms with Gasteiger partial charge in [-0.1, -0.05) is 44.7 Å². The maximum Gasteiger partial charge on any atom is 0.104 e. The minimum atomic E-state index is -0.0817. The van der Waals surface area contributed by atoms with Crippen molar-refractivity contribution in [2.24, 2.45) is 0 Å². The number of aliphatic hydroxyl groups excluding tert-OH is 1. The lowest BCUT2D eigenvalue weighted by molar-refractivity contribution is 0.350. The van der Waals surface area contributed by atoms with Crippen molar-refractivity contribution in [2.75, 3.05) is 6.61 Å². The first kappa shape index (κ1) is 13.2. The number of thioether (sulfide) groups is 1. The Bertz CT molecular complexity index is 376. The highest BCUT2D eigenvalue weighted by Gasteiger charge is 2.09.